The van der Waals surface area contributed by atoms with E-state index in [0.717, 1.165) is 24.6 Å². The fraction of sp³-hybridized carbons (Fsp3) is 0.462. The molecule has 0 radical (unpaired) electrons. The summed E-state index contributed by atoms with van der Waals surface area (Å²) in [5.74, 6) is -0.761. The highest BCUT2D eigenvalue weighted by molar-refractivity contribution is 5.98. The lowest BCUT2D eigenvalue weighted by atomic mass is 10.1. The molecule has 1 aliphatic rings. The molecule has 1 aromatic rings. The summed E-state index contributed by atoms with van der Waals surface area (Å²) in [4.78, 5) is 24.2. The van der Waals surface area contributed by atoms with Gasteiger partial charge in [-0.3, -0.25) is 14.9 Å². The van der Waals surface area contributed by atoms with Gasteiger partial charge in [0, 0.05) is 18.7 Å². The second-order valence-corrected chi connectivity index (χ2v) is 5.07. The van der Waals surface area contributed by atoms with E-state index >= 15 is 0 Å². The lowest BCUT2D eigenvalue weighted by molar-refractivity contribution is -0.385. The molecular weight excluding hydrogens is 251 g/mol. The molecule has 2 rings (SSSR count). The van der Waals surface area contributed by atoms with Crippen molar-refractivity contribution in [3.05, 3.63) is 39.7 Å². The first-order chi connectivity index (χ1) is 8.90. The molecule has 1 heterocycles. The van der Waals surface area contributed by atoms with Crippen molar-refractivity contribution >= 4 is 11.6 Å². The van der Waals surface area contributed by atoms with Gasteiger partial charge in [0.25, 0.3) is 11.6 Å². The molecule has 1 saturated heterocycles. The first-order valence-electron chi connectivity index (χ1n) is 6.15. The van der Waals surface area contributed by atoms with Crippen LogP contribution in [0.5, 0.6) is 0 Å². The van der Waals surface area contributed by atoms with Gasteiger partial charge in [0.15, 0.2) is 0 Å². The third-order valence-corrected chi connectivity index (χ3v) is 3.43. The first kappa shape index (κ1) is 13.5. The van der Waals surface area contributed by atoms with E-state index in [-0.39, 0.29) is 17.3 Å². The van der Waals surface area contributed by atoms with E-state index in [0.29, 0.717) is 12.5 Å². The molecule has 0 bridgehead atoms. The average Bonchev–Trinajstić information content (AvgIpc) is 2.67. The summed E-state index contributed by atoms with van der Waals surface area (Å²) in [6, 6.07) is 2.98. The van der Waals surface area contributed by atoms with E-state index in [2.05, 4.69) is 0 Å². The summed E-state index contributed by atoms with van der Waals surface area (Å²) in [5, 5.41) is 10.9. The number of rotatable bonds is 2. The Bertz CT molecular complexity index is 533. The molecule has 0 aromatic heterocycles. The lowest BCUT2D eigenvalue weighted by Gasteiger charge is -2.21. The van der Waals surface area contributed by atoms with Crippen LogP contribution in [0, 0.1) is 21.8 Å². The number of hydrogen-bond donors (Lipinski definition) is 0. The van der Waals surface area contributed by atoms with Crippen molar-refractivity contribution in [3.8, 4) is 0 Å². The Labute approximate surface area is 110 Å². The second-order valence-electron chi connectivity index (χ2n) is 5.07. The van der Waals surface area contributed by atoms with Gasteiger partial charge < -0.3 is 4.90 Å². The monoisotopic (exact) mass is 266 g/mol. The smallest absolute Gasteiger partial charge is 0.282 e. The Hall–Kier alpha value is -1.98. The summed E-state index contributed by atoms with van der Waals surface area (Å²) in [5.41, 5.74) is -0.524. The van der Waals surface area contributed by atoms with Gasteiger partial charge in [0.05, 0.1) is 4.92 Å². The molecule has 0 N–H and O–H groups in total. The van der Waals surface area contributed by atoms with E-state index in [1.165, 1.54) is 0 Å². The van der Waals surface area contributed by atoms with Gasteiger partial charge in [0.2, 0.25) is 0 Å². The zero-order chi connectivity index (χ0) is 14.2. The molecule has 2 unspecified atom stereocenters. The Kier molecular flexibility index (Phi) is 3.50. The van der Waals surface area contributed by atoms with Crippen LogP contribution < -0.4 is 0 Å². The molecule has 102 valence electrons. The largest absolute Gasteiger partial charge is 0.335 e. The minimum atomic E-state index is -0.656. The van der Waals surface area contributed by atoms with Crippen molar-refractivity contribution in [1.82, 2.24) is 4.90 Å². The molecule has 19 heavy (non-hydrogen) atoms. The fourth-order valence-corrected chi connectivity index (χ4v) is 2.58. The number of nitro benzene ring substituents is 1. The Morgan fingerprint density at radius 1 is 1.47 bits per heavy atom. The zero-order valence-corrected chi connectivity index (χ0v) is 10.8. The number of hydrogen-bond acceptors (Lipinski definition) is 3. The summed E-state index contributed by atoms with van der Waals surface area (Å²) >= 11 is 0. The summed E-state index contributed by atoms with van der Waals surface area (Å²) in [6.07, 6.45) is 0.856. The van der Waals surface area contributed by atoms with E-state index < -0.39 is 16.6 Å². The number of nitro groups is 1. The SMILES string of the molecule is CC1CC(C)N(C(=O)c2cc(F)ccc2[N+](=O)[O-])C1. The van der Waals surface area contributed by atoms with Gasteiger partial charge in [-0.1, -0.05) is 6.92 Å². The van der Waals surface area contributed by atoms with Gasteiger partial charge in [-0.25, -0.2) is 4.39 Å². The molecule has 2 atom stereocenters. The highest BCUT2D eigenvalue weighted by Gasteiger charge is 2.33. The van der Waals surface area contributed by atoms with Gasteiger partial charge >= 0.3 is 0 Å². The van der Waals surface area contributed by atoms with Gasteiger partial charge in [-0.2, -0.15) is 0 Å². The van der Waals surface area contributed by atoms with Crippen LogP contribution in [0.2, 0.25) is 0 Å². The summed E-state index contributed by atoms with van der Waals surface area (Å²) < 4.78 is 13.2. The van der Waals surface area contributed by atoms with Gasteiger partial charge in [-0.15, -0.1) is 0 Å². The number of nitrogens with zero attached hydrogens (tertiary/aromatic N) is 2. The van der Waals surface area contributed by atoms with E-state index in [1.807, 2.05) is 13.8 Å². The van der Waals surface area contributed by atoms with E-state index in [1.54, 1.807) is 4.90 Å². The quantitative estimate of drug-likeness (QED) is 0.610. The number of carbonyl (C=O) groups excluding carboxylic acids is 1. The number of halogens is 1. The third-order valence-electron chi connectivity index (χ3n) is 3.43. The molecule has 5 nitrogen and oxygen atoms in total. The minimum Gasteiger partial charge on any atom is -0.335 e. The van der Waals surface area contributed by atoms with Crippen LogP contribution in [0.4, 0.5) is 10.1 Å². The van der Waals surface area contributed by atoms with E-state index in [4.69, 9.17) is 0 Å². The fourth-order valence-electron chi connectivity index (χ4n) is 2.58. The normalized spacial score (nSPS) is 22.6. The number of likely N-dealkylation sites (tertiary alicyclic amines) is 1. The van der Waals surface area contributed by atoms with Gasteiger partial charge in [0.1, 0.15) is 11.4 Å². The Balaban J connectivity index is 2.38. The molecule has 1 aliphatic heterocycles. The van der Waals surface area contributed by atoms with Crippen molar-refractivity contribution in [2.24, 2.45) is 5.92 Å². The van der Waals surface area contributed by atoms with Crippen LogP contribution in [0.15, 0.2) is 18.2 Å². The molecule has 1 fully saturated rings. The van der Waals surface area contributed by atoms with Crippen LogP contribution in [-0.4, -0.2) is 28.3 Å². The van der Waals surface area contributed by atoms with E-state index in [9.17, 15) is 19.3 Å². The molecule has 0 saturated carbocycles. The topological polar surface area (TPSA) is 63.5 Å². The predicted molar refractivity (Wildman–Crippen MR) is 67.3 cm³/mol. The highest BCUT2D eigenvalue weighted by Crippen LogP contribution is 2.28. The summed E-state index contributed by atoms with van der Waals surface area (Å²) in [7, 11) is 0. The number of amides is 1. The highest BCUT2D eigenvalue weighted by atomic mass is 19.1. The van der Waals surface area contributed by atoms with Crippen molar-refractivity contribution in [3.63, 3.8) is 0 Å². The predicted octanol–water partition coefficient (Wildman–Crippen LogP) is 2.60. The molecule has 0 spiro atoms. The Morgan fingerprint density at radius 2 is 2.16 bits per heavy atom. The van der Waals surface area contributed by atoms with Crippen molar-refractivity contribution in [1.29, 1.82) is 0 Å². The maximum atomic E-state index is 13.2. The van der Waals surface area contributed by atoms with Crippen LogP contribution in [0.3, 0.4) is 0 Å². The molecule has 6 heteroatoms. The third kappa shape index (κ3) is 2.57. The zero-order valence-electron chi connectivity index (χ0n) is 10.8. The Morgan fingerprint density at radius 3 is 2.68 bits per heavy atom. The van der Waals surface area contributed by atoms with Crippen LogP contribution in [-0.2, 0) is 0 Å². The molecular formula is C13H15FN2O3. The minimum absolute atomic E-state index is 0.0189. The average molecular weight is 266 g/mol. The van der Waals surface area contributed by atoms with Crippen molar-refractivity contribution in [2.45, 2.75) is 26.3 Å². The maximum absolute atomic E-state index is 13.2. The molecule has 0 aliphatic carbocycles. The molecule has 1 amide bonds. The number of carbonyl (C=O) groups is 1. The van der Waals surface area contributed by atoms with Crippen molar-refractivity contribution in [2.75, 3.05) is 6.54 Å². The van der Waals surface area contributed by atoms with Crippen LogP contribution in [0.1, 0.15) is 30.6 Å². The van der Waals surface area contributed by atoms with Crippen molar-refractivity contribution < 1.29 is 14.1 Å². The first-order valence-corrected chi connectivity index (χ1v) is 6.15. The maximum Gasteiger partial charge on any atom is 0.282 e. The summed E-state index contributed by atoms with van der Waals surface area (Å²) in [6.45, 7) is 4.46. The standard InChI is InChI=1S/C13H15FN2O3/c1-8-5-9(2)15(7-8)13(17)11-6-10(14)3-4-12(11)16(18)19/h3-4,6,8-9H,5,7H2,1-2H3. The van der Waals surface area contributed by atoms with Crippen LogP contribution in [0.25, 0.3) is 0 Å². The lowest BCUT2D eigenvalue weighted by Crippen LogP contribution is -2.34. The van der Waals surface area contributed by atoms with Gasteiger partial charge in [-0.05, 0) is 31.4 Å². The molecule has 1 aromatic carbocycles. The number of benzene rings is 1. The van der Waals surface area contributed by atoms with Crippen LogP contribution >= 0.6 is 0 Å². The second kappa shape index (κ2) is 4.95.